The molecule has 2 aliphatic rings. The quantitative estimate of drug-likeness (QED) is 0.751. The smallest absolute Gasteiger partial charge is 0.154 e. The van der Waals surface area contributed by atoms with Gasteiger partial charge in [0.25, 0.3) is 0 Å². The number of benzene rings is 1. The zero-order valence-corrected chi connectivity index (χ0v) is 10.4. The fraction of sp³-hybridized carbons (Fsp3) is 0.500. The van der Waals surface area contributed by atoms with Gasteiger partial charge in [-0.15, -0.1) is 0 Å². The van der Waals surface area contributed by atoms with E-state index < -0.39 is 9.84 Å². The van der Waals surface area contributed by atoms with Crippen LogP contribution in [0.2, 0.25) is 0 Å². The minimum absolute atomic E-state index is 0.130. The van der Waals surface area contributed by atoms with Gasteiger partial charge in [-0.3, -0.25) is 0 Å². The van der Waals surface area contributed by atoms with E-state index in [0.29, 0.717) is 12.3 Å². The van der Waals surface area contributed by atoms with Gasteiger partial charge in [0.2, 0.25) is 0 Å². The summed E-state index contributed by atoms with van der Waals surface area (Å²) in [5.41, 5.74) is 2.26. The van der Waals surface area contributed by atoms with E-state index in [0.717, 1.165) is 24.3 Å². The van der Waals surface area contributed by atoms with Gasteiger partial charge in [-0.05, 0) is 18.6 Å². The van der Waals surface area contributed by atoms with Crippen LogP contribution in [0.15, 0.2) is 24.3 Å². The molecule has 4 nitrogen and oxygen atoms in total. The lowest BCUT2D eigenvalue weighted by atomic mass is 10.2. The molecule has 1 atom stereocenters. The Labute approximate surface area is 102 Å². The molecule has 92 valence electrons. The Hall–Kier alpha value is -1.23. The summed E-state index contributed by atoms with van der Waals surface area (Å²) in [6.07, 6.45) is 0.883. The summed E-state index contributed by atoms with van der Waals surface area (Å²) in [6.45, 7) is 1.46. The largest absolute Gasteiger partial charge is 0.383 e. The van der Waals surface area contributed by atoms with Crippen LogP contribution in [0.3, 0.4) is 0 Å². The molecule has 0 aliphatic carbocycles. The van der Waals surface area contributed by atoms with E-state index in [9.17, 15) is 8.42 Å². The number of hydrogen-bond donors (Lipinski definition) is 1. The fourth-order valence-electron chi connectivity index (χ4n) is 2.69. The zero-order valence-electron chi connectivity index (χ0n) is 9.59. The minimum atomic E-state index is -2.84. The van der Waals surface area contributed by atoms with Gasteiger partial charge in [0.15, 0.2) is 9.84 Å². The van der Waals surface area contributed by atoms with Crippen molar-refractivity contribution < 1.29 is 8.42 Å². The third-order valence-corrected chi connectivity index (χ3v) is 5.23. The number of nitrogens with one attached hydrogen (secondary N) is 1. The van der Waals surface area contributed by atoms with E-state index in [1.54, 1.807) is 0 Å². The van der Waals surface area contributed by atoms with Crippen LogP contribution in [0.5, 0.6) is 0 Å². The maximum Gasteiger partial charge on any atom is 0.154 e. The topological polar surface area (TPSA) is 49.4 Å². The SMILES string of the molecule is O=S1(=O)CCN2c3ccccc3NCCC2C1. The van der Waals surface area contributed by atoms with Gasteiger partial charge in [0, 0.05) is 19.1 Å². The average molecular weight is 252 g/mol. The lowest BCUT2D eigenvalue weighted by molar-refractivity contribution is 0.550. The predicted molar refractivity (Wildman–Crippen MR) is 69.3 cm³/mol. The molecule has 1 saturated heterocycles. The van der Waals surface area contributed by atoms with Gasteiger partial charge >= 0.3 is 0 Å². The molecule has 0 spiro atoms. The van der Waals surface area contributed by atoms with Crippen molar-refractivity contribution in [2.45, 2.75) is 12.5 Å². The summed E-state index contributed by atoms with van der Waals surface area (Å²) in [5.74, 6) is 0.570. The number of sulfone groups is 1. The Kier molecular flexibility index (Phi) is 2.50. The molecule has 1 fully saturated rings. The average Bonchev–Trinajstić information content (AvgIpc) is 2.46. The van der Waals surface area contributed by atoms with E-state index in [4.69, 9.17) is 0 Å². The lowest BCUT2D eigenvalue weighted by Gasteiger charge is -2.36. The van der Waals surface area contributed by atoms with E-state index in [-0.39, 0.29) is 11.8 Å². The number of nitrogens with zero attached hydrogens (tertiary/aromatic N) is 1. The number of hydrogen-bond acceptors (Lipinski definition) is 4. The number of fused-ring (bicyclic) bond motifs is 3. The van der Waals surface area contributed by atoms with E-state index in [1.807, 2.05) is 12.1 Å². The highest BCUT2D eigenvalue weighted by Gasteiger charge is 2.33. The van der Waals surface area contributed by atoms with Crippen LogP contribution in [0.4, 0.5) is 11.4 Å². The summed E-state index contributed by atoms with van der Waals surface area (Å²) in [4.78, 5) is 2.25. The first kappa shape index (κ1) is 10.9. The summed E-state index contributed by atoms with van der Waals surface area (Å²) < 4.78 is 23.4. The van der Waals surface area contributed by atoms with Gasteiger partial charge in [-0.25, -0.2) is 8.42 Å². The predicted octanol–water partition coefficient (Wildman–Crippen LogP) is 1.11. The highest BCUT2D eigenvalue weighted by atomic mass is 32.2. The van der Waals surface area contributed by atoms with Crippen molar-refractivity contribution in [2.75, 3.05) is 34.8 Å². The molecule has 2 aliphatic heterocycles. The molecule has 1 aromatic carbocycles. The summed E-state index contributed by atoms with van der Waals surface area (Å²) in [5, 5.41) is 3.37. The van der Waals surface area contributed by atoms with Crippen LogP contribution in [0.25, 0.3) is 0 Å². The normalized spacial score (nSPS) is 26.4. The van der Waals surface area contributed by atoms with Gasteiger partial charge in [-0.1, -0.05) is 12.1 Å². The standard InChI is InChI=1S/C12H16N2O2S/c15-17(16)8-7-14-10(9-17)5-6-13-11-3-1-2-4-12(11)14/h1-4,10,13H,5-9H2. The zero-order chi connectivity index (χ0) is 11.9. The maximum atomic E-state index is 11.7. The van der Waals surface area contributed by atoms with Gasteiger partial charge in [0.1, 0.15) is 0 Å². The molecule has 0 bridgehead atoms. The van der Waals surface area contributed by atoms with Crippen molar-refractivity contribution >= 4 is 21.2 Å². The third kappa shape index (κ3) is 1.99. The number of para-hydroxylation sites is 2. The minimum Gasteiger partial charge on any atom is -0.383 e. The summed E-state index contributed by atoms with van der Waals surface area (Å²) >= 11 is 0. The van der Waals surface area contributed by atoms with Crippen LogP contribution in [-0.2, 0) is 9.84 Å². The van der Waals surface area contributed by atoms with Gasteiger partial charge in [0.05, 0.1) is 22.9 Å². The number of rotatable bonds is 0. The Morgan fingerprint density at radius 3 is 3.00 bits per heavy atom. The molecule has 1 aromatic rings. The summed E-state index contributed by atoms with van der Waals surface area (Å²) in [7, 11) is -2.84. The first-order valence-electron chi connectivity index (χ1n) is 5.96. The molecule has 3 rings (SSSR count). The number of anilines is 2. The van der Waals surface area contributed by atoms with Crippen LogP contribution in [0, 0.1) is 0 Å². The van der Waals surface area contributed by atoms with Crippen molar-refractivity contribution in [2.24, 2.45) is 0 Å². The molecule has 0 aromatic heterocycles. The first-order valence-corrected chi connectivity index (χ1v) is 7.78. The molecule has 17 heavy (non-hydrogen) atoms. The monoisotopic (exact) mass is 252 g/mol. The second kappa shape index (κ2) is 3.91. The van der Waals surface area contributed by atoms with E-state index in [2.05, 4.69) is 22.3 Å². The van der Waals surface area contributed by atoms with Crippen molar-refractivity contribution in [3.63, 3.8) is 0 Å². The van der Waals surface area contributed by atoms with E-state index in [1.165, 1.54) is 0 Å². The molecule has 1 N–H and O–H groups in total. The Morgan fingerprint density at radius 1 is 1.29 bits per heavy atom. The third-order valence-electron chi connectivity index (χ3n) is 3.54. The molecule has 0 amide bonds. The maximum absolute atomic E-state index is 11.7. The highest BCUT2D eigenvalue weighted by Crippen LogP contribution is 2.32. The van der Waals surface area contributed by atoms with Crippen LogP contribution < -0.4 is 10.2 Å². The van der Waals surface area contributed by atoms with Crippen molar-refractivity contribution in [3.8, 4) is 0 Å². The van der Waals surface area contributed by atoms with Crippen molar-refractivity contribution in [1.29, 1.82) is 0 Å². The molecular weight excluding hydrogens is 236 g/mol. The van der Waals surface area contributed by atoms with Crippen LogP contribution >= 0.6 is 0 Å². The van der Waals surface area contributed by atoms with Crippen LogP contribution in [-0.4, -0.2) is 39.1 Å². The molecule has 1 unspecified atom stereocenters. The molecule has 0 saturated carbocycles. The summed E-state index contributed by atoms with van der Waals surface area (Å²) in [6, 6.07) is 8.27. The lowest BCUT2D eigenvalue weighted by Crippen LogP contribution is -2.48. The van der Waals surface area contributed by atoms with Crippen molar-refractivity contribution in [3.05, 3.63) is 24.3 Å². The van der Waals surface area contributed by atoms with Gasteiger partial charge < -0.3 is 10.2 Å². The Morgan fingerprint density at radius 2 is 2.12 bits per heavy atom. The van der Waals surface area contributed by atoms with E-state index >= 15 is 0 Å². The molecule has 0 radical (unpaired) electrons. The second-order valence-electron chi connectivity index (χ2n) is 4.69. The first-order chi connectivity index (χ1) is 8.16. The van der Waals surface area contributed by atoms with Gasteiger partial charge in [-0.2, -0.15) is 0 Å². The molecule has 5 heteroatoms. The van der Waals surface area contributed by atoms with Crippen LogP contribution in [0.1, 0.15) is 6.42 Å². The second-order valence-corrected chi connectivity index (χ2v) is 6.92. The Bertz CT molecular complexity index is 527. The highest BCUT2D eigenvalue weighted by molar-refractivity contribution is 7.91. The fourth-order valence-corrected chi connectivity index (χ4v) is 4.26. The van der Waals surface area contributed by atoms with Crippen molar-refractivity contribution in [1.82, 2.24) is 0 Å². The molecular formula is C12H16N2O2S. The Balaban J connectivity index is 1.99. The molecule has 2 heterocycles.